The predicted octanol–water partition coefficient (Wildman–Crippen LogP) is 5.77. The topological polar surface area (TPSA) is 99.3 Å². The monoisotopic (exact) mass is 512 g/mol. The van der Waals surface area contributed by atoms with Crippen molar-refractivity contribution in [2.45, 2.75) is 20.0 Å². The van der Waals surface area contributed by atoms with Crippen LogP contribution in [0.4, 0.5) is 24.5 Å². The molecule has 0 radical (unpaired) electrons. The summed E-state index contributed by atoms with van der Waals surface area (Å²) in [5.41, 5.74) is -0.395. The van der Waals surface area contributed by atoms with Gasteiger partial charge in [-0.15, -0.1) is 0 Å². The maximum absolute atomic E-state index is 13.2. The van der Waals surface area contributed by atoms with Crippen LogP contribution in [-0.2, 0) is 13.2 Å². The summed E-state index contributed by atoms with van der Waals surface area (Å²) < 4.78 is 45.2. The lowest BCUT2D eigenvalue weighted by molar-refractivity contribution is -0.384. The third-order valence-electron chi connectivity index (χ3n) is 4.40. The minimum Gasteiger partial charge on any atom is -0.457 e. The zero-order valence-corrected chi connectivity index (χ0v) is 18.5. The summed E-state index contributed by atoms with van der Waals surface area (Å²) in [6.45, 7) is 3.65. The molecule has 1 N–H and O–H groups in total. The number of carbonyl (C=O) groups excluding carboxylic acids is 1. The fourth-order valence-electron chi connectivity index (χ4n) is 2.91. The van der Waals surface area contributed by atoms with E-state index in [1.807, 2.05) is 19.1 Å². The van der Waals surface area contributed by atoms with Gasteiger partial charge in [-0.25, -0.2) is 0 Å². The van der Waals surface area contributed by atoms with Gasteiger partial charge in [0.25, 0.3) is 11.6 Å². The first kappa shape index (κ1) is 23.3. The molecule has 1 amide bonds. The van der Waals surface area contributed by atoms with Gasteiger partial charge in [-0.1, -0.05) is 12.1 Å². The highest BCUT2D eigenvalue weighted by Gasteiger charge is 2.39. The molecule has 1 heterocycles. The Bertz CT molecular complexity index is 1220. The Balaban J connectivity index is 1.95. The van der Waals surface area contributed by atoms with Crippen molar-refractivity contribution < 1.29 is 27.6 Å². The molecular formula is C20H16BrF3N4O4. The van der Waals surface area contributed by atoms with Crippen LogP contribution in [0.15, 0.2) is 40.9 Å². The van der Waals surface area contributed by atoms with Gasteiger partial charge in [0.15, 0.2) is 11.4 Å². The number of halogens is 4. The summed E-state index contributed by atoms with van der Waals surface area (Å²) >= 11 is 2.77. The maximum Gasteiger partial charge on any atom is 0.434 e. The lowest BCUT2D eigenvalue weighted by atomic mass is 10.1. The highest BCUT2D eigenvalue weighted by atomic mass is 79.9. The predicted molar refractivity (Wildman–Crippen MR) is 113 cm³/mol. The van der Waals surface area contributed by atoms with Crippen molar-refractivity contribution in [3.63, 3.8) is 0 Å². The van der Waals surface area contributed by atoms with Crippen LogP contribution in [0.5, 0.6) is 11.5 Å². The third kappa shape index (κ3) is 4.90. The van der Waals surface area contributed by atoms with E-state index >= 15 is 0 Å². The van der Waals surface area contributed by atoms with Crippen LogP contribution < -0.4 is 10.1 Å². The first-order valence-corrected chi connectivity index (χ1v) is 9.81. The van der Waals surface area contributed by atoms with Crippen molar-refractivity contribution in [1.82, 2.24) is 9.78 Å². The van der Waals surface area contributed by atoms with Crippen molar-refractivity contribution in [3.8, 4) is 11.5 Å². The molecule has 3 aromatic rings. The zero-order valence-electron chi connectivity index (χ0n) is 17.0. The molecule has 32 heavy (non-hydrogen) atoms. The Morgan fingerprint density at radius 1 is 1.22 bits per heavy atom. The van der Waals surface area contributed by atoms with E-state index in [1.165, 1.54) is 12.1 Å². The quantitative estimate of drug-likeness (QED) is 0.345. The molecule has 1 aromatic heterocycles. The standard InChI is InChI=1S/C20H16BrF3N4O4/c1-10-4-5-11(2)15(6-10)32-14-8-12(7-13(9-14)28(30)31)25-19(29)17-16(21)18(20(22,23)24)27(3)26-17/h4-9H,1-3H3,(H,25,29). The van der Waals surface area contributed by atoms with Gasteiger partial charge in [-0.2, -0.15) is 18.3 Å². The van der Waals surface area contributed by atoms with Gasteiger partial charge in [0.1, 0.15) is 11.5 Å². The van der Waals surface area contributed by atoms with Gasteiger partial charge in [0.2, 0.25) is 0 Å². The molecule has 0 saturated carbocycles. The number of amides is 1. The number of aryl methyl sites for hydroxylation is 3. The van der Waals surface area contributed by atoms with Crippen LogP contribution in [0.1, 0.15) is 27.3 Å². The molecule has 0 atom stereocenters. The van der Waals surface area contributed by atoms with Crippen LogP contribution >= 0.6 is 15.9 Å². The molecule has 0 unspecified atom stereocenters. The summed E-state index contributed by atoms with van der Waals surface area (Å²) in [6, 6.07) is 9.01. The zero-order chi connectivity index (χ0) is 23.8. The number of nitro benzene ring substituents is 1. The number of ether oxygens (including phenoxy) is 1. The normalized spacial score (nSPS) is 11.3. The molecule has 0 bridgehead atoms. The van der Waals surface area contributed by atoms with Crippen molar-refractivity contribution in [2.75, 3.05) is 5.32 Å². The van der Waals surface area contributed by atoms with Crippen molar-refractivity contribution in [1.29, 1.82) is 0 Å². The molecule has 12 heteroatoms. The third-order valence-corrected chi connectivity index (χ3v) is 5.16. The average Bonchev–Trinajstić information content (AvgIpc) is 2.99. The van der Waals surface area contributed by atoms with Crippen LogP contribution in [0.25, 0.3) is 0 Å². The number of hydrogen-bond acceptors (Lipinski definition) is 5. The van der Waals surface area contributed by atoms with Crippen molar-refractivity contribution in [2.24, 2.45) is 7.05 Å². The average molecular weight is 513 g/mol. The van der Waals surface area contributed by atoms with Gasteiger partial charge >= 0.3 is 6.18 Å². The number of nitrogens with one attached hydrogen (secondary N) is 1. The largest absolute Gasteiger partial charge is 0.457 e. The van der Waals surface area contributed by atoms with Gasteiger partial charge in [-0.05, 0) is 47.0 Å². The fraction of sp³-hybridized carbons (Fsp3) is 0.200. The molecule has 0 spiro atoms. The van der Waals surface area contributed by atoms with Crippen molar-refractivity contribution >= 4 is 33.2 Å². The van der Waals surface area contributed by atoms with Crippen LogP contribution in [0.3, 0.4) is 0 Å². The Hall–Kier alpha value is -3.41. The number of benzene rings is 2. The van der Waals surface area contributed by atoms with E-state index in [2.05, 4.69) is 26.3 Å². The van der Waals surface area contributed by atoms with Gasteiger partial charge < -0.3 is 10.1 Å². The Morgan fingerprint density at radius 2 is 1.91 bits per heavy atom. The fourth-order valence-corrected chi connectivity index (χ4v) is 3.65. The molecule has 8 nitrogen and oxygen atoms in total. The molecular weight excluding hydrogens is 497 g/mol. The summed E-state index contributed by atoms with van der Waals surface area (Å²) in [5, 5.41) is 17.3. The molecule has 0 saturated heterocycles. The Morgan fingerprint density at radius 3 is 2.50 bits per heavy atom. The van der Waals surface area contributed by atoms with Crippen LogP contribution in [0.2, 0.25) is 0 Å². The van der Waals surface area contributed by atoms with E-state index in [0.717, 1.165) is 24.2 Å². The summed E-state index contributed by atoms with van der Waals surface area (Å²) in [6.07, 6.45) is -4.74. The number of hydrogen-bond donors (Lipinski definition) is 1. The molecule has 0 aliphatic rings. The van der Waals surface area contributed by atoms with Crippen molar-refractivity contribution in [3.05, 3.63) is 73.5 Å². The lowest BCUT2D eigenvalue weighted by Crippen LogP contribution is -2.14. The second-order valence-corrected chi connectivity index (χ2v) is 7.72. The lowest BCUT2D eigenvalue weighted by Gasteiger charge is -2.11. The number of carbonyl (C=O) groups is 1. The Kier molecular flexibility index (Phi) is 6.26. The number of anilines is 1. The summed E-state index contributed by atoms with van der Waals surface area (Å²) in [7, 11) is 1.05. The van der Waals surface area contributed by atoms with E-state index in [9.17, 15) is 28.1 Å². The second-order valence-electron chi connectivity index (χ2n) is 6.93. The molecule has 0 aliphatic heterocycles. The summed E-state index contributed by atoms with van der Waals surface area (Å²) in [5.74, 6) is -0.453. The number of alkyl halides is 3. The smallest absolute Gasteiger partial charge is 0.434 e. The number of aromatic nitrogens is 2. The molecule has 0 fully saturated rings. The van der Waals surface area contributed by atoms with Crippen LogP contribution in [-0.4, -0.2) is 20.6 Å². The van der Waals surface area contributed by atoms with Gasteiger partial charge in [-0.3, -0.25) is 19.6 Å². The van der Waals surface area contributed by atoms with E-state index in [0.29, 0.717) is 10.4 Å². The number of nitrogens with zero attached hydrogens (tertiary/aromatic N) is 3. The van der Waals surface area contributed by atoms with E-state index in [1.54, 1.807) is 13.0 Å². The van der Waals surface area contributed by atoms with E-state index in [4.69, 9.17) is 4.74 Å². The second kappa shape index (κ2) is 8.61. The van der Waals surface area contributed by atoms with Gasteiger partial charge in [0, 0.05) is 19.2 Å². The first-order chi connectivity index (χ1) is 14.9. The van der Waals surface area contributed by atoms with E-state index < -0.39 is 32.9 Å². The maximum atomic E-state index is 13.2. The number of rotatable bonds is 5. The summed E-state index contributed by atoms with van der Waals surface area (Å²) in [4.78, 5) is 23.2. The highest BCUT2D eigenvalue weighted by molar-refractivity contribution is 9.10. The Labute approximate surface area is 188 Å². The van der Waals surface area contributed by atoms with E-state index in [-0.39, 0.29) is 17.1 Å². The molecule has 0 aliphatic carbocycles. The van der Waals surface area contributed by atoms with Crippen LogP contribution in [0, 0.1) is 24.0 Å². The number of nitro groups is 1. The molecule has 3 rings (SSSR count). The SMILES string of the molecule is Cc1ccc(C)c(Oc2cc(NC(=O)c3nn(C)c(C(F)(F)F)c3Br)cc([N+](=O)[O-])c2)c1. The highest BCUT2D eigenvalue weighted by Crippen LogP contribution is 2.37. The minimum atomic E-state index is -4.74. The molecule has 168 valence electrons. The first-order valence-electron chi connectivity index (χ1n) is 9.02. The molecule has 2 aromatic carbocycles. The minimum absolute atomic E-state index is 0.0457. The van der Waals surface area contributed by atoms with Gasteiger partial charge in [0.05, 0.1) is 21.1 Å². The number of non-ortho nitro benzene ring substituents is 1.